The summed E-state index contributed by atoms with van der Waals surface area (Å²) in [7, 11) is 0. The third-order valence-corrected chi connectivity index (χ3v) is 3.58. The van der Waals surface area contributed by atoms with E-state index in [1.165, 1.54) is 0 Å². The molecule has 0 aliphatic carbocycles. The van der Waals surface area contributed by atoms with E-state index in [4.69, 9.17) is 16.3 Å². The normalized spacial score (nSPS) is 12.4. The van der Waals surface area contributed by atoms with Crippen LogP contribution in [0.3, 0.4) is 0 Å². The summed E-state index contributed by atoms with van der Waals surface area (Å²) in [4.78, 5) is 0. The topological polar surface area (TPSA) is 9.23 Å². The Balaban J connectivity index is 2.05. The lowest BCUT2D eigenvalue weighted by Gasteiger charge is -2.14. The lowest BCUT2D eigenvalue weighted by molar-refractivity contribution is -0.143. The molecular weight excluding hydrogens is 370 g/mol. The molecule has 1 nitrogen and oxygen atoms in total. The second kappa shape index (κ2) is 7.66. The summed E-state index contributed by atoms with van der Waals surface area (Å²) >= 11 is 5.82. The van der Waals surface area contributed by atoms with Gasteiger partial charge in [0.15, 0.2) is 0 Å². The van der Waals surface area contributed by atoms with E-state index in [-0.39, 0.29) is 24.8 Å². The van der Waals surface area contributed by atoms with Crippen molar-refractivity contribution in [1.82, 2.24) is 0 Å². The Morgan fingerprint density at radius 3 is 1.92 bits per heavy atom. The third-order valence-electron chi connectivity index (χ3n) is 3.34. The van der Waals surface area contributed by atoms with Gasteiger partial charge in [-0.25, -0.2) is 0 Å². The standard InChI is InChI=1S/C17H13ClF6O/c18-15-3-1-2-11(8-15)4-5-25-10-12-6-13(16(19,20)21)9-14(7-12)17(22,23)24/h1-3,6-9H,4-5,10H2. The van der Waals surface area contributed by atoms with Crippen LogP contribution in [-0.4, -0.2) is 6.61 Å². The molecule has 2 aromatic rings. The van der Waals surface area contributed by atoms with Crippen molar-refractivity contribution >= 4 is 11.6 Å². The highest BCUT2D eigenvalue weighted by atomic mass is 35.5. The molecule has 0 amide bonds. The van der Waals surface area contributed by atoms with Crippen LogP contribution in [0.15, 0.2) is 42.5 Å². The molecule has 8 heteroatoms. The van der Waals surface area contributed by atoms with Gasteiger partial charge in [0.1, 0.15) is 0 Å². The summed E-state index contributed by atoms with van der Waals surface area (Å²) in [6.45, 7) is -0.217. The second-order valence-electron chi connectivity index (χ2n) is 5.35. The molecule has 0 aliphatic rings. The molecule has 0 bridgehead atoms. The van der Waals surface area contributed by atoms with E-state index >= 15 is 0 Å². The number of rotatable bonds is 5. The van der Waals surface area contributed by atoms with Crippen LogP contribution >= 0.6 is 11.6 Å². The summed E-state index contributed by atoms with van der Waals surface area (Å²) in [5, 5.41) is 0.533. The molecule has 0 N–H and O–H groups in total. The van der Waals surface area contributed by atoms with Crippen LogP contribution in [-0.2, 0) is 30.1 Å². The summed E-state index contributed by atoms with van der Waals surface area (Å²) in [6, 6.07) is 8.34. The van der Waals surface area contributed by atoms with Crippen molar-refractivity contribution in [3.63, 3.8) is 0 Å². The van der Waals surface area contributed by atoms with Crippen molar-refractivity contribution in [3.8, 4) is 0 Å². The van der Waals surface area contributed by atoms with E-state index in [1.807, 2.05) is 0 Å². The predicted octanol–water partition coefficient (Wildman–Crippen LogP) is 6.14. The lowest BCUT2D eigenvalue weighted by atomic mass is 10.1. The molecule has 0 aromatic heterocycles. The maximum absolute atomic E-state index is 12.8. The van der Waals surface area contributed by atoms with Crippen molar-refractivity contribution in [2.45, 2.75) is 25.4 Å². The maximum atomic E-state index is 12.8. The van der Waals surface area contributed by atoms with Gasteiger partial charge in [0.05, 0.1) is 24.3 Å². The van der Waals surface area contributed by atoms with Crippen molar-refractivity contribution in [2.75, 3.05) is 6.61 Å². The highest BCUT2D eigenvalue weighted by Crippen LogP contribution is 2.36. The maximum Gasteiger partial charge on any atom is 0.416 e. The predicted molar refractivity (Wildman–Crippen MR) is 81.3 cm³/mol. The molecule has 0 fully saturated rings. The average molecular weight is 383 g/mol. The van der Waals surface area contributed by atoms with Crippen LogP contribution in [0.5, 0.6) is 0 Å². The summed E-state index contributed by atoms with van der Waals surface area (Å²) in [5.74, 6) is 0. The molecule has 25 heavy (non-hydrogen) atoms. The van der Waals surface area contributed by atoms with Gasteiger partial charge in [0.2, 0.25) is 0 Å². The Morgan fingerprint density at radius 1 is 0.800 bits per heavy atom. The zero-order valence-corrected chi connectivity index (χ0v) is 13.5. The second-order valence-corrected chi connectivity index (χ2v) is 5.78. The fourth-order valence-electron chi connectivity index (χ4n) is 2.18. The Bertz CT molecular complexity index is 692. The van der Waals surface area contributed by atoms with Gasteiger partial charge in [-0.05, 0) is 47.9 Å². The smallest absolute Gasteiger partial charge is 0.376 e. The van der Waals surface area contributed by atoms with E-state index < -0.39 is 23.5 Å². The van der Waals surface area contributed by atoms with Gasteiger partial charge >= 0.3 is 12.4 Å². The van der Waals surface area contributed by atoms with Crippen LogP contribution in [0.1, 0.15) is 22.3 Å². The molecule has 0 unspecified atom stereocenters. The first-order valence-corrected chi connectivity index (χ1v) is 7.54. The SMILES string of the molecule is FC(F)(F)c1cc(COCCc2cccc(Cl)c2)cc(C(F)(F)F)c1. The van der Waals surface area contributed by atoms with Crippen molar-refractivity contribution < 1.29 is 31.1 Å². The largest absolute Gasteiger partial charge is 0.416 e. The highest BCUT2D eigenvalue weighted by molar-refractivity contribution is 6.30. The van der Waals surface area contributed by atoms with E-state index in [9.17, 15) is 26.3 Å². The van der Waals surface area contributed by atoms with Crippen molar-refractivity contribution in [1.29, 1.82) is 0 Å². The number of ether oxygens (including phenoxy) is 1. The van der Waals surface area contributed by atoms with Gasteiger partial charge in [-0.2, -0.15) is 26.3 Å². The summed E-state index contributed by atoms with van der Waals surface area (Å²) in [5.41, 5.74) is -2.03. The van der Waals surface area contributed by atoms with Gasteiger partial charge in [-0.3, -0.25) is 0 Å². The lowest BCUT2D eigenvalue weighted by Crippen LogP contribution is -2.12. The first kappa shape index (κ1) is 19.6. The molecule has 0 saturated carbocycles. The summed E-state index contributed by atoms with van der Waals surface area (Å²) in [6.07, 6.45) is -9.29. The van der Waals surface area contributed by atoms with Crippen molar-refractivity contribution in [2.24, 2.45) is 0 Å². The van der Waals surface area contributed by atoms with Crippen LogP contribution in [0, 0.1) is 0 Å². The highest BCUT2D eigenvalue weighted by Gasteiger charge is 2.36. The zero-order valence-electron chi connectivity index (χ0n) is 12.7. The fraction of sp³-hybridized carbons (Fsp3) is 0.294. The molecule has 2 aromatic carbocycles. The first-order chi connectivity index (χ1) is 11.6. The van der Waals surface area contributed by atoms with Gasteiger partial charge in [-0.15, -0.1) is 0 Å². The Hall–Kier alpha value is -1.73. The van der Waals surface area contributed by atoms with Crippen molar-refractivity contribution in [3.05, 3.63) is 69.7 Å². The average Bonchev–Trinajstić information content (AvgIpc) is 2.50. The monoisotopic (exact) mass is 382 g/mol. The molecule has 0 heterocycles. The molecule has 0 spiro atoms. The van der Waals surface area contributed by atoms with E-state index in [0.29, 0.717) is 23.6 Å². The third kappa shape index (κ3) is 5.93. The van der Waals surface area contributed by atoms with Crippen LogP contribution in [0.4, 0.5) is 26.3 Å². The van der Waals surface area contributed by atoms with Crippen LogP contribution in [0.2, 0.25) is 5.02 Å². The van der Waals surface area contributed by atoms with Crippen LogP contribution < -0.4 is 0 Å². The van der Waals surface area contributed by atoms with Gasteiger partial charge in [0.25, 0.3) is 0 Å². The number of halogens is 7. The summed E-state index contributed by atoms with van der Waals surface area (Å²) < 4.78 is 81.8. The molecule has 136 valence electrons. The molecule has 0 saturated heterocycles. The van der Waals surface area contributed by atoms with Gasteiger partial charge in [-0.1, -0.05) is 23.7 Å². The van der Waals surface area contributed by atoms with Gasteiger partial charge < -0.3 is 4.74 Å². The number of hydrogen-bond acceptors (Lipinski definition) is 1. The minimum absolute atomic E-state index is 0.0927. The minimum Gasteiger partial charge on any atom is -0.376 e. The number of alkyl halides is 6. The molecule has 0 aliphatic heterocycles. The zero-order chi connectivity index (χ0) is 18.7. The van der Waals surface area contributed by atoms with E-state index in [1.54, 1.807) is 24.3 Å². The Morgan fingerprint density at radius 2 is 1.40 bits per heavy atom. The molecule has 0 radical (unpaired) electrons. The fourth-order valence-corrected chi connectivity index (χ4v) is 2.39. The molecule has 2 rings (SSSR count). The van der Waals surface area contributed by atoms with Crippen LogP contribution in [0.25, 0.3) is 0 Å². The number of hydrogen-bond donors (Lipinski definition) is 0. The quantitative estimate of drug-likeness (QED) is 0.446. The minimum atomic E-state index is -4.86. The molecular formula is C17H13ClF6O. The van der Waals surface area contributed by atoms with E-state index in [0.717, 1.165) is 5.56 Å². The Kier molecular flexibility index (Phi) is 6.00. The number of benzene rings is 2. The van der Waals surface area contributed by atoms with E-state index in [2.05, 4.69) is 0 Å². The molecule has 0 atom stereocenters. The first-order valence-electron chi connectivity index (χ1n) is 7.16. The van der Waals surface area contributed by atoms with Gasteiger partial charge in [0, 0.05) is 5.02 Å². The Labute approximate surface area is 145 Å².